The first-order valence-corrected chi connectivity index (χ1v) is 6.59. The zero-order valence-corrected chi connectivity index (χ0v) is 11.5. The second-order valence-electron chi connectivity index (χ2n) is 5.07. The summed E-state index contributed by atoms with van der Waals surface area (Å²) in [7, 11) is 0. The van der Waals surface area contributed by atoms with Crippen LogP contribution >= 0.6 is 0 Å². The van der Waals surface area contributed by atoms with Crippen molar-refractivity contribution in [2.75, 3.05) is 0 Å². The van der Waals surface area contributed by atoms with E-state index in [1.807, 2.05) is 44.2 Å². The molecule has 1 unspecified atom stereocenters. The monoisotopic (exact) mass is 268 g/mol. The van der Waals surface area contributed by atoms with Crippen LogP contribution in [0.15, 0.2) is 41.1 Å². The van der Waals surface area contributed by atoms with Crippen molar-refractivity contribution >= 4 is 10.8 Å². The molecular formula is C15H16N4O. The summed E-state index contributed by atoms with van der Waals surface area (Å²) in [6.07, 6.45) is 2.47. The summed E-state index contributed by atoms with van der Waals surface area (Å²) in [5.41, 5.74) is 6.22. The lowest BCUT2D eigenvalue weighted by molar-refractivity contribution is 0.291. The van der Waals surface area contributed by atoms with Crippen molar-refractivity contribution in [3.63, 3.8) is 0 Å². The summed E-state index contributed by atoms with van der Waals surface area (Å²) in [6.45, 7) is 3.86. The lowest BCUT2D eigenvalue weighted by Crippen LogP contribution is -2.32. The number of pyridine rings is 1. The highest BCUT2D eigenvalue weighted by molar-refractivity contribution is 5.92. The van der Waals surface area contributed by atoms with Gasteiger partial charge in [-0.05, 0) is 24.8 Å². The number of rotatable bonds is 3. The molecule has 20 heavy (non-hydrogen) atoms. The topological polar surface area (TPSA) is 77.8 Å². The molecule has 0 bridgehead atoms. The molecule has 0 saturated heterocycles. The Kier molecular flexibility index (Phi) is 2.99. The van der Waals surface area contributed by atoms with E-state index < -0.39 is 5.54 Å². The van der Waals surface area contributed by atoms with E-state index in [0.29, 0.717) is 17.4 Å². The normalized spacial score (nSPS) is 14.3. The third-order valence-electron chi connectivity index (χ3n) is 3.53. The van der Waals surface area contributed by atoms with Gasteiger partial charge < -0.3 is 10.3 Å². The molecule has 0 aliphatic heterocycles. The average molecular weight is 268 g/mol. The van der Waals surface area contributed by atoms with E-state index in [-0.39, 0.29) is 0 Å². The SMILES string of the molecule is CCC(C)(N)c1nc(-c2nccc3ccccc23)no1. The second kappa shape index (κ2) is 4.68. The second-order valence-corrected chi connectivity index (χ2v) is 5.07. The minimum absolute atomic E-state index is 0.435. The molecule has 1 atom stereocenters. The Labute approximate surface area is 116 Å². The van der Waals surface area contributed by atoms with Crippen molar-refractivity contribution < 1.29 is 4.52 Å². The highest BCUT2D eigenvalue weighted by Crippen LogP contribution is 2.26. The molecule has 5 heteroatoms. The molecule has 1 aromatic carbocycles. The Morgan fingerprint density at radius 3 is 2.85 bits per heavy atom. The van der Waals surface area contributed by atoms with Gasteiger partial charge in [0.15, 0.2) is 0 Å². The van der Waals surface area contributed by atoms with E-state index in [4.69, 9.17) is 10.3 Å². The van der Waals surface area contributed by atoms with Crippen LogP contribution in [0.1, 0.15) is 26.2 Å². The maximum Gasteiger partial charge on any atom is 0.246 e. The van der Waals surface area contributed by atoms with Crippen LogP contribution in [0.25, 0.3) is 22.3 Å². The smallest absolute Gasteiger partial charge is 0.246 e. The van der Waals surface area contributed by atoms with Crippen molar-refractivity contribution in [1.82, 2.24) is 15.1 Å². The molecule has 5 nitrogen and oxygen atoms in total. The highest BCUT2D eigenvalue weighted by Gasteiger charge is 2.27. The summed E-state index contributed by atoms with van der Waals surface area (Å²) in [5, 5.41) is 6.11. The van der Waals surface area contributed by atoms with E-state index in [1.54, 1.807) is 6.20 Å². The van der Waals surface area contributed by atoms with Crippen LogP contribution in [0.3, 0.4) is 0 Å². The fourth-order valence-corrected chi connectivity index (χ4v) is 2.00. The van der Waals surface area contributed by atoms with E-state index in [2.05, 4.69) is 15.1 Å². The summed E-state index contributed by atoms with van der Waals surface area (Å²) in [6, 6.07) is 9.93. The first kappa shape index (κ1) is 12.7. The molecule has 2 aromatic heterocycles. The quantitative estimate of drug-likeness (QED) is 0.790. The number of nitrogens with zero attached hydrogens (tertiary/aromatic N) is 3. The zero-order valence-electron chi connectivity index (χ0n) is 11.5. The molecule has 102 valence electrons. The van der Waals surface area contributed by atoms with E-state index in [9.17, 15) is 0 Å². The number of hydrogen-bond acceptors (Lipinski definition) is 5. The summed E-state index contributed by atoms with van der Waals surface area (Å²) >= 11 is 0. The van der Waals surface area contributed by atoms with Gasteiger partial charge in [0.05, 0.1) is 5.54 Å². The Morgan fingerprint density at radius 1 is 1.25 bits per heavy atom. The van der Waals surface area contributed by atoms with Gasteiger partial charge >= 0.3 is 0 Å². The predicted octanol–water partition coefficient (Wildman–Crippen LogP) is 2.87. The molecule has 0 radical (unpaired) electrons. The Balaban J connectivity index is 2.13. The van der Waals surface area contributed by atoms with Crippen LogP contribution in [0.2, 0.25) is 0 Å². The van der Waals surface area contributed by atoms with Gasteiger partial charge in [0, 0.05) is 11.6 Å². The van der Waals surface area contributed by atoms with Crippen LogP contribution in [0.4, 0.5) is 0 Å². The van der Waals surface area contributed by atoms with Crippen LogP contribution in [0, 0.1) is 0 Å². The molecule has 0 aliphatic carbocycles. The number of benzene rings is 1. The molecule has 3 rings (SSSR count). The molecular weight excluding hydrogens is 252 g/mol. The van der Waals surface area contributed by atoms with Gasteiger partial charge in [-0.3, -0.25) is 4.98 Å². The van der Waals surface area contributed by atoms with Crippen molar-refractivity contribution in [3.8, 4) is 11.5 Å². The third kappa shape index (κ3) is 2.06. The molecule has 2 heterocycles. The van der Waals surface area contributed by atoms with Crippen molar-refractivity contribution in [3.05, 3.63) is 42.4 Å². The number of fused-ring (bicyclic) bond motifs is 1. The van der Waals surface area contributed by atoms with Gasteiger partial charge in [0.1, 0.15) is 5.69 Å². The molecule has 3 aromatic rings. The molecule has 2 N–H and O–H groups in total. The van der Waals surface area contributed by atoms with Crippen LogP contribution < -0.4 is 5.73 Å². The van der Waals surface area contributed by atoms with Gasteiger partial charge in [-0.2, -0.15) is 4.98 Å². The first-order chi connectivity index (χ1) is 9.62. The fourth-order valence-electron chi connectivity index (χ4n) is 2.00. The van der Waals surface area contributed by atoms with Crippen LogP contribution in [0.5, 0.6) is 0 Å². The Bertz CT molecular complexity index is 743. The molecule has 0 aliphatic rings. The molecule has 0 fully saturated rings. The first-order valence-electron chi connectivity index (χ1n) is 6.59. The Morgan fingerprint density at radius 2 is 2.05 bits per heavy atom. The van der Waals surface area contributed by atoms with Gasteiger partial charge in [-0.25, -0.2) is 0 Å². The maximum absolute atomic E-state index is 6.12. The van der Waals surface area contributed by atoms with Crippen molar-refractivity contribution in [1.29, 1.82) is 0 Å². The standard InChI is InChI=1S/C15H16N4O/c1-3-15(2,16)14-18-13(19-20-14)12-11-7-5-4-6-10(11)8-9-17-12/h4-9H,3,16H2,1-2H3. The average Bonchev–Trinajstić information content (AvgIpc) is 2.97. The molecule has 0 saturated carbocycles. The van der Waals surface area contributed by atoms with Gasteiger partial charge in [0.25, 0.3) is 0 Å². The van der Waals surface area contributed by atoms with E-state index in [0.717, 1.165) is 17.2 Å². The Hall–Kier alpha value is -2.27. The highest BCUT2D eigenvalue weighted by atomic mass is 16.5. The van der Waals surface area contributed by atoms with Gasteiger partial charge in [-0.15, -0.1) is 0 Å². The number of aromatic nitrogens is 3. The van der Waals surface area contributed by atoms with Crippen LogP contribution in [-0.2, 0) is 5.54 Å². The van der Waals surface area contributed by atoms with Crippen LogP contribution in [-0.4, -0.2) is 15.1 Å². The third-order valence-corrected chi connectivity index (χ3v) is 3.53. The largest absolute Gasteiger partial charge is 0.337 e. The van der Waals surface area contributed by atoms with E-state index >= 15 is 0 Å². The lowest BCUT2D eigenvalue weighted by atomic mass is 10.0. The van der Waals surface area contributed by atoms with Gasteiger partial charge in [-0.1, -0.05) is 36.3 Å². The van der Waals surface area contributed by atoms with E-state index in [1.165, 1.54) is 0 Å². The molecule has 0 amide bonds. The minimum Gasteiger partial charge on any atom is -0.337 e. The zero-order chi connectivity index (χ0) is 14.2. The van der Waals surface area contributed by atoms with Crippen molar-refractivity contribution in [2.24, 2.45) is 5.73 Å². The minimum atomic E-state index is -0.615. The number of hydrogen-bond donors (Lipinski definition) is 1. The summed E-state index contributed by atoms with van der Waals surface area (Å²) in [5.74, 6) is 0.909. The maximum atomic E-state index is 6.12. The van der Waals surface area contributed by atoms with Crippen molar-refractivity contribution in [2.45, 2.75) is 25.8 Å². The number of nitrogens with two attached hydrogens (primary N) is 1. The molecule has 0 spiro atoms. The predicted molar refractivity (Wildman–Crippen MR) is 76.9 cm³/mol. The van der Waals surface area contributed by atoms with Gasteiger partial charge in [0.2, 0.25) is 11.7 Å². The summed E-state index contributed by atoms with van der Waals surface area (Å²) < 4.78 is 5.30. The lowest BCUT2D eigenvalue weighted by Gasteiger charge is -2.16. The summed E-state index contributed by atoms with van der Waals surface area (Å²) in [4.78, 5) is 8.78. The fraction of sp³-hybridized carbons (Fsp3) is 0.267.